The summed E-state index contributed by atoms with van der Waals surface area (Å²) in [6.45, 7) is 2.95. The van der Waals surface area contributed by atoms with E-state index in [2.05, 4.69) is 10.1 Å². The molecule has 1 N–H and O–H groups in total. The van der Waals surface area contributed by atoms with Crippen LogP contribution in [0.15, 0.2) is 30.9 Å². The zero-order valence-corrected chi connectivity index (χ0v) is 17.3. The smallest absolute Gasteiger partial charge is 0.353 e. The summed E-state index contributed by atoms with van der Waals surface area (Å²) in [4.78, 5) is 3.81. The molecular weight excluding hydrogens is 441 g/mol. The van der Waals surface area contributed by atoms with Crippen LogP contribution in [0.25, 0.3) is 0 Å². The van der Waals surface area contributed by atoms with Crippen LogP contribution >= 0.6 is 35.0 Å². The third-order valence-corrected chi connectivity index (χ3v) is 6.63. The zero-order chi connectivity index (χ0) is 21.1. The quantitative estimate of drug-likeness (QED) is 0.504. The van der Waals surface area contributed by atoms with Gasteiger partial charge in [-0.25, -0.2) is 18.4 Å². The Balaban J connectivity index is 2.47. The molecule has 1 aromatic heterocycles. The summed E-state index contributed by atoms with van der Waals surface area (Å²) < 4.78 is 54.2. The predicted octanol–water partition coefficient (Wildman–Crippen LogP) is 5.48. The van der Waals surface area contributed by atoms with Crippen molar-refractivity contribution in [2.45, 2.75) is 49.3 Å². The summed E-state index contributed by atoms with van der Waals surface area (Å²) in [5.41, 5.74) is -1.55. The summed E-state index contributed by atoms with van der Waals surface area (Å²) >= 11 is 12.0. The van der Waals surface area contributed by atoms with Gasteiger partial charge in [-0.3, -0.25) is 0 Å². The molecule has 1 aromatic carbocycles. The van der Waals surface area contributed by atoms with E-state index >= 15 is 0 Å². The van der Waals surface area contributed by atoms with Crippen molar-refractivity contribution < 1.29 is 22.7 Å². The molecule has 0 bridgehead atoms. The Kier molecular flexibility index (Phi) is 7.63. The average molecular weight is 460 g/mol. The molecule has 0 aliphatic carbocycles. The van der Waals surface area contributed by atoms with Gasteiger partial charge in [0.25, 0.3) is 0 Å². The van der Waals surface area contributed by atoms with Crippen molar-refractivity contribution in [2.75, 3.05) is 0 Å². The fourth-order valence-electron chi connectivity index (χ4n) is 2.98. The van der Waals surface area contributed by atoms with E-state index in [0.29, 0.717) is 5.02 Å². The van der Waals surface area contributed by atoms with Crippen molar-refractivity contribution in [2.24, 2.45) is 5.92 Å². The molecule has 2 aromatic rings. The number of benzene rings is 1. The van der Waals surface area contributed by atoms with E-state index in [9.17, 15) is 22.7 Å². The topological polar surface area (TPSA) is 50.9 Å². The molecule has 3 atom stereocenters. The van der Waals surface area contributed by atoms with E-state index in [1.165, 1.54) is 42.5 Å². The summed E-state index contributed by atoms with van der Waals surface area (Å²) in [5.74, 6) is -0.894. The van der Waals surface area contributed by atoms with Crippen molar-refractivity contribution >= 4 is 35.0 Å². The molecule has 2 rings (SSSR count). The van der Waals surface area contributed by atoms with Gasteiger partial charge in [0.05, 0.1) is 6.54 Å². The van der Waals surface area contributed by atoms with E-state index in [1.54, 1.807) is 6.92 Å². The minimum atomic E-state index is -4.24. The Labute approximate surface area is 174 Å². The monoisotopic (exact) mass is 459 g/mol. The lowest BCUT2D eigenvalue weighted by Crippen LogP contribution is -2.44. The highest BCUT2D eigenvalue weighted by atomic mass is 35.5. The maximum absolute atomic E-state index is 13.7. The number of halogens is 6. The van der Waals surface area contributed by atoms with Crippen LogP contribution in [-0.4, -0.2) is 36.8 Å². The second-order valence-corrected chi connectivity index (χ2v) is 8.59. The molecule has 28 heavy (non-hydrogen) atoms. The largest absolute Gasteiger partial charge is 0.383 e. The van der Waals surface area contributed by atoms with Crippen LogP contribution in [0, 0.1) is 5.92 Å². The summed E-state index contributed by atoms with van der Waals surface area (Å²) in [6, 6.07) is 4.41. The van der Waals surface area contributed by atoms with Gasteiger partial charge in [-0.05, 0) is 18.6 Å². The number of alkyl halides is 4. The third-order valence-electron chi connectivity index (χ3n) is 4.54. The molecule has 156 valence electrons. The number of rotatable bonds is 9. The molecular formula is C17H19Cl2F4N3OS. The zero-order valence-electron chi connectivity index (χ0n) is 15.0. The van der Waals surface area contributed by atoms with Gasteiger partial charge in [-0.1, -0.05) is 54.9 Å². The lowest BCUT2D eigenvalue weighted by molar-refractivity contribution is -0.0603. The first-order valence-electron chi connectivity index (χ1n) is 8.35. The van der Waals surface area contributed by atoms with Crippen LogP contribution in [0.1, 0.15) is 25.8 Å². The van der Waals surface area contributed by atoms with Crippen molar-refractivity contribution in [3.8, 4) is 0 Å². The van der Waals surface area contributed by atoms with Gasteiger partial charge >= 0.3 is 11.7 Å². The highest BCUT2D eigenvalue weighted by Gasteiger charge is 2.49. The van der Waals surface area contributed by atoms with Crippen molar-refractivity contribution in [1.82, 2.24) is 14.8 Å². The number of aromatic nitrogens is 3. The molecule has 0 fully saturated rings. The normalized spacial score (nSPS) is 16.8. The highest BCUT2D eigenvalue weighted by molar-refractivity contribution is 8.01. The predicted molar refractivity (Wildman–Crippen MR) is 102 cm³/mol. The van der Waals surface area contributed by atoms with Gasteiger partial charge in [-0.2, -0.15) is 13.9 Å². The molecule has 0 saturated heterocycles. The van der Waals surface area contributed by atoms with E-state index in [-0.39, 0.29) is 35.3 Å². The van der Waals surface area contributed by atoms with Crippen molar-refractivity contribution in [1.29, 1.82) is 0 Å². The first-order valence-corrected chi connectivity index (χ1v) is 9.99. The van der Waals surface area contributed by atoms with E-state index < -0.39 is 28.4 Å². The Morgan fingerprint density at radius 3 is 2.46 bits per heavy atom. The molecule has 11 heteroatoms. The Hall–Kier alpha value is -1.03. The van der Waals surface area contributed by atoms with Gasteiger partial charge in [0.1, 0.15) is 18.3 Å². The number of thioether (sulfide) groups is 1. The SMILES string of the molecule is CCC(SC(F)(F)C(F)F)C(C)C(O)(Cn1cncn1)c1ccc(Cl)cc1Cl. The number of hydrogen-bond donors (Lipinski definition) is 1. The van der Waals surface area contributed by atoms with Crippen LogP contribution in [0.4, 0.5) is 17.6 Å². The van der Waals surface area contributed by atoms with Gasteiger partial charge < -0.3 is 5.11 Å². The molecule has 3 unspecified atom stereocenters. The minimum Gasteiger partial charge on any atom is -0.383 e. The Morgan fingerprint density at radius 1 is 1.29 bits per heavy atom. The fraction of sp³-hybridized carbons (Fsp3) is 0.529. The standard InChI is InChI=1S/C17H19Cl2F4N3OS/c1-3-14(28-17(22,23)15(20)21)10(2)16(27,7-26-9-24-8-25-26)12-5-4-11(18)6-13(12)19/h4-6,8-10,14-15,27H,3,7H2,1-2H3. The molecule has 0 aliphatic heterocycles. The number of aliphatic hydroxyl groups is 1. The Morgan fingerprint density at radius 2 is 1.96 bits per heavy atom. The van der Waals surface area contributed by atoms with Gasteiger partial charge in [0.15, 0.2) is 0 Å². The maximum Gasteiger partial charge on any atom is 0.353 e. The van der Waals surface area contributed by atoms with Crippen molar-refractivity contribution in [3.63, 3.8) is 0 Å². The van der Waals surface area contributed by atoms with Crippen LogP contribution < -0.4 is 0 Å². The lowest BCUT2D eigenvalue weighted by atomic mass is 9.79. The van der Waals surface area contributed by atoms with E-state index in [0.717, 1.165) is 0 Å². The number of nitrogens with zero attached hydrogens (tertiary/aromatic N) is 3. The molecule has 0 radical (unpaired) electrons. The highest BCUT2D eigenvalue weighted by Crippen LogP contribution is 2.47. The van der Waals surface area contributed by atoms with Crippen LogP contribution in [0.3, 0.4) is 0 Å². The first-order chi connectivity index (χ1) is 13.0. The summed E-state index contributed by atoms with van der Waals surface area (Å²) in [6.07, 6.45) is -1.09. The third kappa shape index (κ3) is 5.11. The summed E-state index contributed by atoms with van der Waals surface area (Å²) in [7, 11) is 0. The molecule has 0 aliphatic rings. The van der Waals surface area contributed by atoms with Gasteiger partial charge in [0.2, 0.25) is 0 Å². The van der Waals surface area contributed by atoms with Gasteiger partial charge in [-0.15, -0.1) is 0 Å². The Bertz CT molecular complexity index is 782. The average Bonchev–Trinajstić information content (AvgIpc) is 3.11. The molecule has 1 heterocycles. The van der Waals surface area contributed by atoms with Crippen LogP contribution in [0.5, 0.6) is 0 Å². The second kappa shape index (κ2) is 9.19. The minimum absolute atomic E-state index is 0.124. The fourth-order valence-corrected chi connectivity index (χ4v) is 4.65. The first kappa shape index (κ1) is 23.3. The molecule has 4 nitrogen and oxygen atoms in total. The maximum atomic E-state index is 13.7. The number of hydrogen-bond acceptors (Lipinski definition) is 4. The van der Waals surface area contributed by atoms with E-state index in [1.807, 2.05) is 0 Å². The van der Waals surface area contributed by atoms with E-state index in [4.69, 9.17) is 23.2 Å². The van der Waals surface area contributed by atoms with Gasteiger partial charge in [0, 0.05) is 26.8 Å². The van der Waals surface area contributed by atoms with Crippen molar-refractivity contribution in [3.05, 3.63) is 46.5 Å². The lowest BCUT2D eigenvalue weighted by Gasteiger charge is -2.39. The molecule has 0 amide bonds. The van der Waals surface area contributed by atoms with Crippen LogP contribution in [-0.2, 0) is 12.1 Å². The van der Waals surface area contributed by atoms with Crippen LogP contribution in [0.2, 0.25) is 10.0 Å². The summed E-state index contributed by atoms with van der Waals surface area (Å²) in [5, 5.41) is 10.7. The molecule has 0 spiro atoms. The second-order valence-electron chi connectivity index (χ2n) is 6.36. The molecule has 0 saturated carbocycles.